The molecule has 20 heavy (non-hydrogen) atoms. The maximum absolute atomic E-state index is 12.6. The molecule has 0 aromatic heterocycles. The highest BCUT2D eigenvalue weighted by Gasteiger charge is 2.28. The second-order valence-corrected chi connectivity index (χ2v) is 6.87. The van der Waals surface area contributed by atoms with Crippen LogP contribution in [-0.2, 0) is 15.7 Å². The summed E-state index contributed by atoms with van der Waals surface area (Å²) in [5.74, 6) is 0. The molecule has 1 unspecified atom stereocenters. The van der Waals surface area contributed by atoms with Gasteiger partial charge < -0.3 is 0 Å². The average molecular weight is 285 g/mol. The lowest BCUT2D eigenvalue weighted by Crippen LogP contribution is -2.23. The van der Waals surface area contributed by atoms with Crippen molar-refractivity contribution in [2.24, 2.45) is 4.40 Å². The molecule has 0 fully saturated rings. The number of rotatable bonds is 4. The van der Waals surface area contributed by atoms with Gasteiger partial charge in [0, 0.05) is 0 Å². The van der Waals surface area contributed by atoms with E-state index in [9.17, 15) is 4.21 Å². The minimum atomic E-state index is -1.32. The molecule has 0 heterocycles. The lowest BCUT2D eigenvalue weighted by molar-refractivity contribution is 0.644. The number of benzene rings is 2. The van der Waals surface area contributed by atoms with Gasteiger partial charge in [0.15, 0.2) is 0 Å². The van der Waals surface area contributed by atoms with E-state index >= 15 is 0 Å². The largest absolute Gasteiger partial charge is 0.234 e. The number of nitrogens with zero attached hydrogens (tertiary/aromatic N) is 1. The summed E-state index contributed by atoms with van der Waals surface area (Å²) in [6.07, 6.45) is 0. The van der Waals surface area contributed by atoms with Crippen LogP contribution in [-0.4, -0.2) is 9.92 Å². The maximum atomic E-state index is 12.6. The van der Waals surface area contributed by atoms with E-state index in [1.807, 2.05) is 81.4 Å². The highest BCUT2D eigenvalue weighted by molar-refractivity contribution is 7.84. The topological polar surface area (TPSA) is 29.4 Å². The van der Waals surface area contributed by atoms with E-state index in [4.69, 9.17) is 0 Å². The predicted molar refractivity (Wildman–Crippen MR) is 86.3 cm³/mol. The molecule has 1 atom stereocenters. The Kier molecular flexibility index (Phi) is 4.50. The van der Waals surface area contributed by atoms with Gasteiger partial charge in [-0.15, -0.1) is 0 Å². The van der Waals surface area contributed by atoms with Gasteiger partial charge in [0.25, 0.3) is 0 Å². The Morgan fingerprint density at radius 1 is 0.950 bits per heavy atom. The van der Waals surface area contributed by atoms with Crippen LogP contribution in [0.1, 0.15) is 31.9 Å². The van der Waals surface area contributed by atoms with Crippen LogP contribution < -0.4 is 0 Å². The van der Waals surface area contributed by atoms with Crippen molar-refractivity contribution in [2.45, 2.75) is 25.5 Å². The summed E-state index contributed by atoms with van der Waals surface area (Å²) in [6, 6.07) is 19.7. The molecule has 2 rings (SSSR count). The first kappa shape index (κ1) is 14.7. The Bertz CT molecular complexity index is 618. The van der Waals surface area contributed by atoms with Gasteiger partial charge in [-0.25, -0.2) is 4.21 Å². The molecule has 0 aliphatic rings. The van der Waals surface area contributed by atoms with Gasteiger partial charge in [0.05, 0.1) is 10.5 Å². The zero-order valence-electron chi connectivity index (χ0n) is 12.0. The Balaban J connectivity index is 2.28. The lowest BCUT2D eigenvalue weighted by atomic mass is 10.0. The zero-order chi connectivity index (χ0) is 14.6. The number of hydrogen-bond acceptors (Lipinski definition) is 1. The summed E-state index contributed by atoms with van der Waals surface area (Å²) in [6.45, 7) is 5.81. The van der Waals surface area contributed by atoms with Gasteiger partial charge in [0.1, 0.15) is 11.0 Å². The smallest absolute Gasteiger partial charge is 0.149 e. The molecule has 0 saturated heterocycles. The number of hydrogen-bond donors (Lipinski definition) is 0. The van der Waals surface area contributed by atoms with Crippen LogP contribution in [0, 0.1) is 0 Å². The van der Waals surface area contributed by atoms with Crippen LogP contribution in [0.15, 0.2) is 65.1 Å². The molecule has 0 N–H and O–H groups in total. The van der Waals surface area contributed by atoms with Gasteiger partial charge in [0.2, 0.25) is 0 Å². The van der Waals surface area contributed by atoms with E-state index in [2.05, 4.69) is 4.40 Å². The first-order valence-electron chi connectivity index (χ1n) is 6.60. The zero-order valence-corrected chi connectivity index (χ0v) is 12.9. The third-order valence-corrected chi connectivity index (χ3v) is 4.87. The van der Waals surface area contributed by atoms with E-state index in [1.54, 1.807) is 0 Å². The Morgan fingerprint density at radius 3 is 2.00 bits per heavy atom. The molecule has 0 radical (unpaired) electrons. The minimum absolute atomic E-state index is 0.503. The van der Waals surface area contributed by atoms with Crippen LogP contribution in [0.4, 0.5) is 0 Å². The molecular weight excluding hydrogens is 266 g/mol. The van der Waals surface area contributed by atoms with Crippen LogP contribution in [0.2, 0.25) is 0 Å². The van der Waals surface area contributed by atoms with Gasteiger partial charge in [-0.1, -0.05) is 60.7 Å². The molecule has 0 amide bonds. The summed E-state index contributed by atoms with van der Waals surface area (Å²) >= 11 is 0. The molecule has 2 nitrogen and oxygen atoms in total. The molecule has 0 bridgehead atoms. The van der Waals surface area contributed by atoms with E-state index < -0.39 is 15.7 Å². The standard InChI is InChI=1S/C17H19NOS/c1-14(15-10-6-4-7-11-15)18-20(19)17(2,3)16-12-8-5-9-13-16/h4-13H,1-3H3/b18-14+. The Labute approximate surface area is 123 Å². The van der Waals surface area contributed by atoms with Gasteiger partial charge >= 0.3 is 0 Å². The molecule has 0 aliphatic heterocycles. The molecule has 2 aromatic carbocycles. The fraction of sp³-hybridized carbons (Fsp3) is 0.235. The van der Waals surface area contributed by atoms with Crippen molar-refractivity contribution in [2.75, 3.05) is 0 Å². The van der Waals surface area contributed by atoms with E-state index in [1.165, 1.54) is 0 Å². The quantitative estimate of drug-likeness (QED) is 0.778. The van der Waals surface area contributed by atoms with Crippen molar-refractivity contribution in [3.8, 4) is 0 Å². The molecule has 2 aromatic rings. The normalized spacial score (nSPS) is 14.1. The molecule has 3 heteroatoms. The van der Waals surface area contributed by atoms with Crippen LogP contribution in [0.5, 0.6) is 0 Å². The molecule has 0 spiro atoms. The maximum Gasteiger partial charge on any atom is 0.149 e. The van der Waals surface area contributed by atoms with E-state index in [0.717, 1.165) is 16.8 Å². The second-order valence-electron chi connectivity index (χ2n) is 5.17. The summed E-state index contributed by atoms with van der Waals surface area (Å²) in [5, 5.41) is 0. The Hall–Kier alpha value is -1.74. The lowest BCUT2D eigenvalue weighted by Gasteiger charge is -2.21. The second kappa shape index (κ2) is 6.14. The molecule has 0 aliphatic carbocycles. The SMILES string of the molecule is C/C(=N\S(=O)C(C)(C)c1ccccc1)c1ccccc1. The van der Waals surface area contributed by atoms with Crippen LogP contribution in [0.25, 0.3) is 0 Å². The molecule has 104 valence electrons. The monoisotopic (exact) mass is 285 g/mol. The van der Waals surface area contributed by atoms with Crippen molar-refractivity contribution >= 4 is 16.7 Å². The third-order valence-electron chi connectivity index (χ3n) is 3.32. The van der Waals surface area contributed by atoms with Crippen molar-refractivity contribution < 1.29 is 4.21 Å². The summed E-state index contributed by atoms with van der Waals surface area (Å²) in [4.78, 5) is 0. The van der Waals surface area contributed by atoms with Crippen LogP contribution in [0.3, 0.4) is 0 Å². The van der Waals surface area contributed by atoms with E-state index in [0.29, 0.717) is 0 Å². The third kappa shape index (κ3) is 3.23. The highest BCUT2D eigenvalue weighted by Crippen LogP contribution is 2.28. The average Bonchev–Trinajstić information content (AvgIpc) is 2.49. The van der Waals surface area contributed by atoms with Gasteiger partial charge in [-0.05, 0) is 31.9 Å². The Morgan fingerprint density at radius 2 is 1.45 bits per heavy atom. The minimum Gasteiger partial charge on any atom is -0.234 e. The van der Waals surface area contributed by atoms with Crippen molar-refractivity contribution in [1.29, 1.82) is 0 Å². The fourth-order valence-electron chi connectivity index (χ4n) is 1.91. The first-order chi connectivity index (χ1) is 9.51. The summed E-state index contributed by atoms with van der Waals surface area (Å²) < 4.78 is 16.5. The van der Waals surface area contributed by atoms with Gasteiger partial charge in [-0.2, -0.15) is 4.40 Å². The van der Waals surface area contributed by atoms with Crippen LogP contribution >= 0.6 is 0 Å². The van der Waals surface area contributed by atoms with Crippen molar-refractivity contribution in [3.63, 3.8) is 0 Å². The fourth-order valence-corrected chi connectivity index (χ4v) is 2.83. The molecular formula is C17H19NOS. The molecule has 0 saturated carbocycles. The van der Waals surface area contributed by atoms with Gasteiger partial charge in [-0.3, -0.25) is 0 Å². The highest BCUT2D eigenvalue weighted by atomic mass is 32.2. The summed E-state index contributed by atoms with van der Waals surface area (Å²) in [5.41, 5.74) is 2.83. The van der Waals surface area contributed by atoms with Crippen molar-refractivity contribution in [3.05, 3.63) is 71.8 Å². The van der Waals surface area contributed by atoms with E-state index in [-0.39, 0.29) is 0 Å². The summed E-state index contributed by atoms with van der Waals surface area (Å²) in [7, 11) is -1.32. The predicted octanol–water partition coefficient (Wildman–Crippen LogP) is 4.09. The first-order valence-corrected chi connectivity index (χ1v) is 7.71. The van der Waals surface area contributed by atoms with Crippen molar-refractivity contribution in [1.82, 2.24) is 0 Å².